The van der Waals surface area contributed by atoms with Crippen LogP contribution in [0.15, 0.2) is 48.8 Å². The average Bonchev–Trinajstić information content (AvgIpc) is 3.00. The van der Waals surface area contributed by atoms with E-state index in [4.69, 9.17) is 4.74 Å². The van der Waals surface area contributed by atoms with Crippen LogP contribution in [-0.2, 0) is 0 Å². The third kappa shape index (κ3) is 4.62. The summed E-state index contributed by atoms with van der Waals surface area (Å²) in [6.45, 7) is 1.80. The number of nitrogens with one attached hydrogen (secondary N) is 2. The largest absolute Gasteiger partial charge is 0.490 e. The van der Waals surface area contributed by atoms with Crippen molar-refractivity contribution in [1.29, 1.82) is 0 Å². The summed E-state index contributed by atoms with van der Waals surface area (Å²) in [5.74, 6) is 0.805. The highest BCUT2D eigenvalue weighted by molar-refractivity contribution is 5.85. The smallest absolute Gasteiger partial charge is 0.139 e. The molecule has 21 heavy (non-hydrogen) atoms. The summed E-state index contributed by atoms with van der Waals surface area (Å²) < 4.78 is 5.80. The van der Waals surface area contributed by atoms with E-state index >= 15 is 0 Å². The Morgan fingerprint density at radius 2 is 2.05 bits per heavy atom. The maximum absolute atomic E-state index is 5.80. The van der Waals surface area contributed by atoms with Gasteiger partial charge in [0.05, 0.1) is 18.1 Å². The van der Waals surface area contributed by atoms with Crippen LogP contribution in [0.5, 0.6) is 5.75 Å². The lowest BCUT2D eigenvalue weighted by Gasteiger charge is -2.13. The van der Waals surface area contributed by atoms with E-state index < -0.39 is 0 Å². The maximum atomic E-state index is 5.80. The van der Waals surface area contributed by atoms with Crippen LogP contribution in [0.2, 0.25) is 0 Å². The zero-order chi connectivity index (χ0) is 13.6. The van der Waals surface area contributed by atoms with Gasteiger partial charge in [0.1, 0.15) is 12.4 Å². The summed E-state index contributed by atoms with van der Waals surface area (Å²) in [6.07, 6.45) is 5.98. The number of ether oxygens (including phenoxy) is 1. The van der Waals surface area contributed by atoms with Gasteiger partial charge in [-0.05, 0) is 31.5 Å². The fourth-order valence-corrected chi connectivity index (χ4v) is 2.35. The lowest BCUT2D eigenvalue weighted by Crippen LogP contribution is -2.28. The van der Waals surface area contributed by atoms with Crippen molar-refractivity contribution < 1.29 is 4.74 Å². The van der Waals surface area contributed by atoms with Gasteiger partial charge in [0.2, 0.25) is 0 Å². The van der Waals surface area contributed by atoms with Crippen LogP contribution in [0.25, 0.3) is 0 Å². The number of nitrogens with zero attached hydrogens (tertiary/aromatic N) is 1. The van der Waals surface area contributed by atoms with Crippen molar-refractivity contribution in [2.45, 2.75) is 18.9 Å². The van der Waals surface area contributed by atoms with Gasteiger partial charge < -0.3 is 15.4 Å². The third-order valence-corrected chi connectivity index (χ3v) is 3.39. The van der Waals surface area contributed by atoms with E-state index in [1.807, 2.05) is 36.4 Å². The molecule has 2 aromatic rings. The van der Waals surface area contributed by atoms with E-state index in [-0.39, 0.29) is 12.4 Å². The molecule has 1 atom stereocenters. The van der Waals surface area contributed by atoms with Crippen molar-refractivity contribution in [1.82, 2.24) is 10.3 Å². The van der Waals surface area contributed by atoms with Gasteiger partial charge in [-0.3, -0.25) is 4.98 Å². The number of benzene rings is 1. The number of pyridine rings is 1. The molecular formula is C16H20ClN3O. The summed E-state index contributed by atoms with van der Waals surface area (Å²) in [7, 11) is 0. The molecule has 3 rings (SSSR count). The Hall–Kier alpha value is -1.78. The van der Waals surface area contributed by atoms with Gasteiger partial charge in [0, 0.05) is 17.8 Å². The van der Waals surface area contributed by atoms with Crippen LogP contribution in [0.1, 0.15) is 12.8 Å². The lowest BCUT2D eigenvalue weighted by molar-refractivity contribution is 0.276. The number of anilines is 2. The first kappa shape index (κ1) is 15.6. The summed E-state index contributed by atoms with van der Waals surface area (Å²) in [6, 6.07) is 12.5. The predicted octanol–water partition coefficient (Wildman–Crippen LogP) is 3.38. The molecule has 0 saturated carbocycles. The molecule has 112 valence electrons. The van der Waals surface area contributed by atoms with E-state index in [1.54, 1.807) is 12.4 Å². The quantitative estimate of drug-likeness (QED) is 0.889. The Labute approximate surface area is 131 Å². The summed E-state index contributed by atoms with van der Waals surface area (Å²) in [5.41, 5.74) is 1.98. The molecule has 1 aromatic carbocycles. The first-order valence-corrected chi connectivity index (χ1v) is 7.03. The van der Waals surface area contributed by atoms with Crippen LogP contribution in [0.3, 0.4) is 0 Å². The van der Waals surface area contributed by atoms with E-state index in [0.29, 0.717) is 12.6 Å². The molecule has 0 bridgehead atoms. The molecule has 1 fully saturated rings. The molecule has 5 heteroatoms. The Bertz CT molecular complexity index is 544. The molecule has 4 nitrogen and oxygen atoms in total. The predicted molar refractivity (Wildman–Crippen MR) is 87.7 cm³/mol. The molecule has 1 aliphatic rings. The number of halogens is 1. The van der Waals surface area contributed by atoms with Gasteiger partial charge in [0.15, 0.2) is 0 Å². The van der Waals surface area contributed by atoms with Crippen LogP contribution in [-0.4, -0.2) is 24.2 Å². The molecule has 0 spiro atoms. The minimum Gasteiger partial charge on any atom is -0.490 e. The molecule has 1 aromatic heterocycles. The fraction of sp³-hybridized carbons (Fsp3) is 0.312. The second-order valence-electron chi connectivity index (χ2n) is 5.00. The van der Waals surface area contributed by atoms with Crippen molar-refractivity contribution in [3.63, 3.8) is 0 Å². The van der Waals surface area contributed by atoms with E-state index in [1.165, 1.54) is 12.8 Å². The summed E-state index contributed by atoms with van der Waals surface area (Å²) >= 11 is 0. The van der Waals surface area contributed by atoms with Gasteiger partial charge in [0.25, 0.3) is 0 Å². The molecule has 0 amide bonds. The number of aromatic nitrogens is 1. The van der Waals surface area contributed by atoms with E-state index in [9.17, 15) is 0 Å². The zero-order valence-corrected chi connectivity index (χ0v) is 12.6. The summed E-state index contributed by atoms with van der Waals surface area (Å²) in [4.78, 5) is 4.22. The van der Waals surface area contributed by atoms with Gasteiger partial charge in [-0.25, -0.2) is 0 Å². The Kier molecular flexibility index (Phi) is 5.84. The molecule has 1 saturated heterocycles. The molecule has 0 radical (unpaired) electrons. The van der Waals surface area contributed by atoms with E-state index in [0.717, 1.165) is 23.7 Å². The van der Waals surface area contributed by atoms with Crippen LogP contribution in [0, 0.1) is 0 Å². The average molecular weight is 306 g/mol. The summed E-state index contributed by atoms with van der Waals surface area (Å²) in [5, 5.41) is 6.73. The lowest BCUT2D eigenvalue weighted by atomic mass is 10.2. The standard InChI is InChI=1S/C16H19N3O.ClH/c1-2-5-13(6-3-1)19-15-9-16(11-17-10-15)20-12-14-7-4-8-18-14;/h1-3,5-6,9-11,14,18-19H,4,7-8,12H2;1H/t14-;/m0./s1. The molecule has 2 N–H and O–H groups in total. The van der Waals surface area contributed by atoms with Crippen LogP contribution >= 0.6 is 12.4 Å². The first-order valence-electron chi connectivity index (χ1n) is 7.03. The number of para-hydroxylation sites is 1. The first-order chi connectivity index (χ1) is 9.90. The minimum atomic E-state index is 0. The highest BCUT2D eigenvalue weighted by Crippen LogP contribution is 2.20. The SMILES string of the molecule is Cl.c1ccc(Nc2cncc(OC[C@@H]3CCCN3)c2)cc1. The van der Waals surface area contributed by atoms with Crippen molar-refractivity contribution >= 4 is 23.8 Å². The zero-order valence-electron chi connectivity index (χ0n) is 11.8. The van der Waals surface area contributed by atoms with Crippen molar-refractivity contribution in [3.8, 4) is 5.75 Å². The van der Waals surface area contributed by atoms with Crippen molar-refractivity contribution in [2.24, 2.45) is 0 Å². The Balaban J connectivity index is 0.00000161. The normalized spacial score (nSPS) is 17.0. The van der Waals surface area contributed by atoms with Gasteiger partial charge in [-0.2, -0.15) is 0 Å². The van der Waals surface area contributed by atoms with E-state index in [2.05, 4.69) is 15.6 Å². The van der Waals surface area contributed by atoms with Gasteiger partial charge >= 0.3 is 0 Å². The number of rotatable bonds is 5. The fourth-order valence-electron chi connectivity index (χ4n) is 2.35. The minimum absolute atomic E-state index is 0. The molecular weight excluding hydrogens is 286 g/mol. The highest BCUT2D eigenvalue weighted by Gasteiger charge is 2.14. The van der Waals surface area contributed by atoms with Crippen LogP contribution in [0.4, 0.5) is 11.4 Å². The Morgan fingerprint density at radius 1 is 1.19 bits per heavy atom. The third-order valence-electron chi connectivity index (χ3n) is 3.39. The molecule has 2 heterocycles. The second kappa shape index (κ2) is 7.86. The number of hydrogen-bond donors (Lipinski definition) is 2. The number of hydrogen-bond acceptors (Lipinski definition) is 4. The monoisotopic (exact) mass is 305 g/mol. The van der Waals surface area contributed by atoms with Gasteiger partial charge in [-0.1, -0.05) is 18.2 Å². The Morgan fingerprint density at radius 3 is 2.81 bits per heavy atom. The molecule has 0 unspecified atom stereocenters. The highest BCUT2D eigenvalue weighted by atomic mass is 35.5. The maximum Gasteiger partial charge on any atom is 0.139 e. The van der Waals surface area contributed by atoms with Gasteiger partial charge in [-0.15, -0.1) is 12.4 Å². The topological polar surface area (TPSA) is 46.2 Å². The van der Waals surface area contributed by atoms with Crippen molar-refractivity contribution in [2.75, 3.05) is 18.5 Å². The second-order valence-corrected chi connectivity index (χ2v) is 5.00. The van der Waals surface area contributed by atoms with Crippen LogP contribution < -0.4 is 15.4 Å². The molecule has 0 aliphatic carbocycles. The van der Waals surface area contributed by atoms with Crippen molar-refractivity contribution in [3.05, 3.63) is 48.8 Å². The molecule has 1 aliphatic heterocycles.